The van der Waals surface area contributed by atoms with Crippen molar-refractivity contribution in [2.75, 3.05) is 14.2 Å². The number of hydrogen-bond acceptors (Lipinski definition) is 8. The van der Waals surface area contributed by atoms with Crippen molar-refractivity contribution in [3.8, 4) is 11.5 Å². The first-order chi connectivity index (χ1) is 33.7. The lowest BCUT2D eigenvalue weighted by Gasteiger charge is -2.57. The van der Waals surface area contributed by atoms with Gasteiger partial charge in [0.15, 0.2) is 22.8 Å². The summed E-state index contributed by atoms with van der Waals surface area (Å²) in [5.41, 5.74) is 2.54. The first kappa shape index (κ1) is 48.0. The molecule has 4 aromatic carbocycles. The molecule has 6 aliphatic carbocycles. The number of hydrogen-bond donors (Lipinski definition) is 0. The van der Waals surface area contributed by atoms with Gasteiger partial charge in [-0.2, -0.15) is 0 Å². The second-order valence-electron chi connectivity index (χ2n) is 25.9. The number of Topliss-reactive ketones (excluding diaryl/α,β-unsaturated/α-hetero) is 2. The Morgan fingerprint density at radius 3 is 1.10 bits per heavy atom. The lowest BCUT2D eigenvalue weighted by Crippen LogP contribution is -2.66. The Bertz CT molecular complexity index is 3010. The van der Waals surface area contributed by atoms with Crippen molar-refractivity contribution in [3.05, 3.63) is 164 Å². The summed E-state index contributed by atoms with van der Waals surface area (Å²) >= 11 is 0. The SMILES string of the molecule is COC(=O)C1=C(c2ccccc2)C23C=C(C(C)(C)C)C1[C@]1(Cc4cc(C(C)(C)C)cc(c4O1)CC14C=C(C(C)(C)C)C(C(C(=O)OC)=C1c1ccccc1)[C@@]1(Cc5cc(C(C)(C)C)cc(c5O1)C2)C4=O)C3=O. The molecule has 8 nitrogen and oxygen atoms in total. The van der Waals surface area contributed by atoms with Crippen molar-refractivity contribution < 1.29 is 38.1 Å². The molecule has 8 heteroatoms. The van der Waals surface area contributed by atoms with Crippen LogP contribution < -0.4 is 9.47 Å². The highest BCUT2D eigenvalue weighted by molar-refractivity contribution is 6.19. The number of benzene rings is 4. The molecule has 0 fully saturated rings. The molecule has 3 aliphatic heterocycles. The molecule has 0 saturated carbocycles. The molecular weight excluding hydrogens is 897 g/mol. The van der Waals surface area contributed by atoms with Crippen molar-refractivity contribution in [1.29, 1.82) is 0 Å². The number of allylic oxidation sites excluding steroid dienone is 4. The van der Waals surface area contributed by atoms with Gasteiger partial charge in [0.25, 0.3) is 0 Å². The zero-order valence-corrected chi connectivity index (χ0v) is 44.5. The molecule has 0 aromatic heterocycles. The summed E-state index contributed by atoms with van der Waals surface area (Å²) in [6.45, 7) is 25.9. The van der Waals surface area contributed by atoms with Crippen LogP contribution in [0.3, 0.4) is 0 Å². The molecule has 0 amide bonds. The van der Waals surface area contributed by atoms with Crippen molar-refractivity contribution in [2.45, 2.75) is 131 Å². The largest absolute Gasteiger partial charge is 0.478 e. The molecule has 3 heterocycles. The minimum absolute atomic E-state index is 0.0909. The molecule has 13 rings (SSSR count). The van der Waals surface area contributed by atoms with E-state index in [1.54, 1.807) is 0 Å². The summed E-state index contributed by atoms with van der Waals surface area (Å²) in [5, 5.41) is 0. The first-order valence-electron chi connectivity index (χ1n) is 25.7. The molecule has 8 bridgehead atoms. The maximum atomic E-state index is 17.1. The average Bonchev–Trinajstić information content (AvgIpc) is 3.90. The van der Waals surface area contributed by atoms with E-state index in [1.807, 2.05) is 60.7 Å². The monoisotopic (exact) mass is 964 g/mol. The molecule has 4 spiro atoms. The van der Waals surface area contributed by atoms with Crippen LogP contribution in [0.25, 0.3) is 11.1 Å². The van der Waals surface area contributed by atoms with Gasteiger partial charge in [-0.3, -0.25) is 9.59 Å². The smallest absolute Gasteiger partial charge is 0.334 e. The molecule has 9 aliphatic rings. The highest BCUT2D eigenvalue weighted by Crippen LogP contribution is 2.69. The van der Waals surface area contributed by atoms with Gasteiger partial charge in [0, 0.05) is 12.8 Å². The van der Waals surface area contributed by atoms with E-state index < -0.39 is 56.6 Å². The average molecular weight is 965 g/mol. The number of ether oxygens (including phenoxy) is 4. The third-order valence-electron chi connectivity index (χ3n) is 17.2. The summed E-state index contributed by atoms with van der Waals surface area (Å²) in [6, 6.07) is 28.2. The standard InChI is InChI=1S/C64H68O8/c1-57(2,3)41-25-37-29-61-33-43(59(7,8)9)50(45(53(65)69-13)47(61)35-21-17-15-18-22-35)64(55(61)67)32-40-28-42(58(4,5)6)26-38(52(40)72-64)30-62-34-44(60(10,11)12)49(63(56(62)68)31-39(27-41)51(37)71-63)46(54(66)70-14)48(62)36-23-19-16-20-24-36/h15-28,33-34,49-50H,29-32H2,1-14H3/t49?,50?,61?,62?,63-,64+. The Labute approximate surface area is 425 Å². The number of carbonyl (C=O) groups excluding carboxylic acids is 4. The summed E-state index contributed by atoms with van der Waals surface area (Å²) in [6.07, 6.45) is 4.87. The van der Waals surface area contributed by atoms with Crippen LogP contribution in [0.4, 0.5) is 0 Å². The third kappa shape index (κ3) is 6.41. The van der Waals surface area contributed by atoms with Crippen LogP contribution in [0, 0.1) is 33.5 Å². The Morgan fingerprint density at radius 2 is 0.806 bits per heavy atom. The van der Waals surface area contributed by atoms with Crippen molar-refractivity contribution in [1.82, 2.24) is 0 Å². The van der Waals surface area contributed by atoms with Gasteiger partial charge in [-0.15, -0.1) is 0 Å². The quantitative estimate of drug-likeness (QED) is 0.147. The Morgan fingerprint density at radius 1 is 0.486 bits per heavy atom. The van der Waals surface area contributed by atoms with Crippen molar-refractivity contribution in [2.24, 2.45) is 33.5 Å². The fourth-order valence-corrected chi connectivity index (χ4v) is 14.0. The Balaban J connectivity index is 1.34. The Hall–Kier alpha value is -6.28. The second-order valence-corrected chi connectivity index (χ2v) is 25.9. The molecule has 4 aromatic rings. The molecular formula is C64H68O8. The van der Waals surface area contributed by atoms with Gasteiger partial charge < -0.3 is 18.9 Å². The molecule has 0 N–H and O–H groups in total. The van der Waals surface area contributed by atoms with E-state index in [2.05, 4.69) is 120 Å². The lowest BCUT2D eigenvalue weighted by molar-refractivity contribution is -0.149. The van der Waals surface area contributed by atoms with Gasteiger partial charge in [0.05, 0.1) is 48.0 Å². The normalized spacial score (nSPS) is 28.0. The zero-order valence-electron chi connectivity index (χ0n) is 44.5. The molecule has 0 saturated heterocycles. The highest BCUT2D eigenvalue weighted by Gasteiger charge is 2.73. The number of carbonyl (C=O) groups is 4. The summed E-state index contributed by atoms with van der Waals surface area (Å²) in [7, 11) is 2.84. The van der Waals surface area contributed by atoms with Crippen molar-refractivity contribution >= 4 is 34.7 Å². The van der Waals surface area contributed by atoms with E-state index >= 15 is 19.2 Å². The maximum Gasteiger partial charge on any atom is 0.334 e. The summed E-state index contributed by atoms with van der Waals surface area (Å²) < 4.78 is 27.2. The number of rotatable bonds is 4. The highest BCUT2D eigenvalue weighted by atomic mass is 16.5. The summed E-state index contributed by atoms with van der Waals surface area (Å²) in [4.78, 5) is 64.4. The lowest BCUT2D eigenvalue weighted by atomic mass is 9.47. The summed E-state index contributed by atoms with van der Waals surface area (Å²) in [5.74, 6) is -1.87. The van der Waals surface area contributed by atoms with Gasteiger partial charge in [0.2, 0.25) is 0 Å². The van der Waals surface area contributed by atoms with Crippen LogP contribution in [-0.4, -0.2) is 48.9 Å². The second kappa shape index (κ2) is 15.1. The van der Waals surface area contributed by atoms with E-state index in [-0.39, 0.29) is 48.1 Å². The zero-order chi connectivity index (χ0) is 51.7. The first-order valence-corrected chi connectivity index (χ1v) is 25.7. The number of methoxy groups -OCH3 is 2. The van der Waals surface area contributed by atoms with E-state index in [0.717, 1.165) is 55.7 Å². The van der Waals surface area contributed by atoms with Crippen LogP contribution in [0.1, 0.15) is 128 Å². The molecule has 6 atom stereocenters. The van der Waals surface area contributed by atoms with E-state index in [0.29, 0.717) is 33.8 Å². The number of esters is 2. The maximum absolute atomic E-state index is 17.1. The predicted octanol–water partition coefficient (Wildman–Crippen LogP) is 12.0. The van der Waals surface area contributed by atoms with Gasteiger partial charge in [-0.05, 0) is 90.2 Å². The fraction of sp³-hybridized carbons (Fsp3) is 0.438. The molecule has 0 radical (unpaired) electrons. The fourth-order valence-electron chi connectivity index (χ4n) is 14.0. The molecule has 4 unspecified atom stereocenters. The van der Waals surface area contributed by atoms with Crippen molar-refractivity contribution in [3.63, 3.8) is 0 Å². The van der Waals surface area contributed by atoms with Crippen LogP contribution >= 0.6 is 0 Å². The third-order valence-corrected chi connectivity index (χ3v) is 17.2. The van der Waals surface area contributed by atoms with E-state index in [1.165, 1.54) is 14.2 Å². The van der Waals surface area contributed by atoms with Gasteiger partial charge in [0.1, 0.15) is 11.5 Å². The van der Waals surface area contributed by atoms with Gasteiger partial charge >= 0.3 is 11.9 Å². The van der Waals surface area contributed by atoms with Crippen LogP contribution in [-0.2, 0) is 65.2 Å². The van der Waals surface area contributed by atoms with Crippen LogP contribution in [0.15, 0.2) is 119 Å². The molecule has 72 heavy (non-hydrogen) atoms. The van der Waals surface area contributed by atoms with E-state index in [9.17, 15) is 0 Å². The minimum atomic E-state index is -1.60. The predicted molar refractivity (Wildman–Crippen MR) is 280 cm³/mol. The minimum Gasteiger partial charge on any atom is -0.478 e. The van der Waals surface area contributed by atoms with Gasteiger partial charge in [-0.25, -0.2) is 9.59 Å². The number of ketones is 2. The van der Waals surface area contributed by atoms with Crippen LogP contribution in [0.2, 0.25) is 0 Å². The molecule has 372 valence electrons. The topological polar surface area (TPSA) is 105 Å². The Kier molecular flexibility index (Phi) is 10.1. The van der Waals surface area contributed by atoms with Gasteiger partial charge in [-0.1, -0.05) is 191 Å². The van der Waals surface area contributed by atoms with Crippen LogP contribution in [0.5, 0.6) is 11.5 Å². The van der Waals surface area contributed by atoms with E-state index in [4.69, 9.17) is 18.9 Å².